The molecule has 2 amide bonds. The van der Waals surface area contributed by atoms with Gasteiger partial charge in [-0.3, -0.25) is 14.6 Å². The Kier molecular flexibility index (Phi) is 4.49. The van der Waals surface area contributed by atoms with Crippen LogP contribution in [-0.2, 0) is 15.8 Å². The second-order valence-corrected chi connectivity index (χ2v) is 7.05. The Morgan fingerprint density at radius 1 is 1.28 bits per heavy atom. The van der Waals surface area contributed by atoms with E-state index in [-0.39, 0.29) is 17.3 Å². The van der Waals surface area contributed by atoms with Gasteiger partial charge in [-0.25, -0.2) is 4.98 Å². The average Bonchev–Trinajstić information content (AvgIpc) is 3.21. The van der Waals surface area contributed by atoms with Crippen molar-refractivity contribution in [2.75, 3.05) is 12.1 Å². The molecule has 3 heterocycles. The van der Waals surface area contributed by atoms with E-state index in [9.17, 15) is 22.8 Å². The van der Waals surface area contributed by atoms with Crippen LogP contribution in [0.5, 0.6) is 0 Å². The van der Waals surface area contributed by atoms with E-state index in [1.807, 2.05) is 24.3 Å². The Hall–Kier alpha value is -3.07. The number of hydrazine groups is 1. The predicted octanol–water partition coefficient (Wildman–Crippen LogP) is 4.13. The lowest BCUT2D eigenvalue weighted by atomic mass is 9.97. The van der Waals surface area contributed by atoms with Gasteiger partial charge in [-0.2, -0.15) is 18.2 Å². The number of imide groups is 1. The highest BCUT2D eigenvalue weighted by atomic mass is 35.5. The van der Waals surface area contributed by atoms with Crippen LogP contribution in [0.25, 0.3) is 10.9 Å². The lowest BCUT2D eigenvalue weighted by Gasteiger charge is -2.28. The molecule has 1 aromatic carbocycles. The lowest BCUT2D eigenvalue weighted by Crippen LogP contribution is -2.44. The van der Waals surface area contributed by atoms with Gasteiger partial charge in [0.1, 0.15) is 0 Å². The maximum atomic E-state index is 13.0. The molecule has 1 unspecified atom stereocenters. The number of H-pyrrole nitrogens is 1. The van der Waals surface area contributed by atoms with Gasteiger partial charge >= 0.3 is 6.18 Å². The summed E-state index contributed by atoms with van der Waals surface area (Å²) in [5.41, 5.74) is 0.499. The largest absolute Gasteiger partial charge is 0.417 e. The fourth-order valence-corrected chi connectivity index (χ4v) is 3.77. The second-order valence-electron chi connectivity index (χ2n) is 6.64. The number of benzene rings is 1. The highest BCUT2D eigenvalue weighted by molar-refractivity contribution is 6.33. The van der Waals surface area contributed by atoms with Gasteiger partial charge in [-0.15, -0.1) is 0 Å². The zero-order valence-electron chi connectivity index (χ0n) is 15.0. The molecule has 6 nitrogen and oxygen atoms in total. The van der Waals surface area contributed by atoms with E-state index in [2.05, 4.69) is 9.97 Å². The first kappa shape index (κ1) is 19.3. The van der Waals surface area contributed by atoms with Gasteiger partial charge < -0.3 is 4.98 Å². The number of alkyl halides is 3. The first-order valence-electron chi connectivity index (χ1n) is 8.57. The van der Waals surface area contributed by atoms with Crippen LogP contribution in [0.3, 0.4) is 0 Å². The van der Waals surface area contributed by atoms with E-state index < -0.39 is 29.5 Å². The number of carbonyl (C=O) groups excluding carboxylic acids is 2. The van der Waals surface area contributed by atoms with Crippen molar-refractivity contribution >= 4 is 40.1 Å². The molecule has 4 rings (SSSR count). The highest BCUT2D eigenvalue weighted by Crippen LogP contribution is 2.37. The van der Waals surface area contributed by atoms with Gasteiger partial charge in [-0.05, 0) is 17.7 Å². The Balaban J connectivity index is 1.66. The minimum absolute atomic E-state index is 0.0662. The summed E-state index contributed by atoms with van der Waals surface area (Å²) in [6, 6.07) is 8.09. The van der Waals surface area contributed by atoms with Crippen molar-refractivity contribution in [1.82, 2.24) is 15.0 Å². The number of para-hydroxylation sites is 1. The van der Waals surface area contributed by atoms with Crippen molar-refractivity contribution in [3.63, 3.8) is 0 Å². The van der Waals surface area contributed by atoms with Crippen LogP contribution in [0.2, 0.25) is 5.02 Å². The maximum Gasteiger partial charge on any atom is 0.417 e. The molecule has 10 heteroatoms. The molecule has 1 atom stereocenters. The number of amides is 2. The number of rotatable bonds is 3. The van der Waals surface area contributed by atoms with E-state index in [4.69, 9.17) is 11.6 Å². The summed E-state index contributed by atoms with van der Waals surface area (Å²) in [7, 11) is 1.36. The number of pyridine rings is 1. The zero-order valence-corrected chi connectivity index (χ0v) is 15.8. The fraction of sp³-hybridized carbons (Fsp3) is 0.211. The van der Waals surface area contributed by atoms with E-state index in [0.29, 0.717) is 17.8 Å². The minimum Gasteiger partial charge on any atom is -0.361 e. The molecular formula is C19H14ClF3N4O2. The fourth-order valence-electron chi connectivity index (χ4n) is 3.48. The third-order valence-electron chi connectivity index (χ3n) is 4.87. The number of aromatic nitrogens is 2. The highest BCUT2D eigenvalue weighted by Gasteiger charge is 2.43. The number of halogens is 4. The number of carbonyl (C=O) groups is 2. The van der Waals surface area contributed by atoms with Crippen molar-refractivity contribution in [2.24, 2.45) is 0 Å². The van der Waals surface area contributed by atoms with Gasteiger partial charge in [0.2, 0.25) is 5.91 Å². The molecule has 1 saturated heterocycles. The van der Waals surface area contributed by atoms with Gasteiger partial charge in [0.05, 0.1) is 16.5 Å². The minimum atomic E-state index is -4.60. The molecule has 3 aromatic rings. The van der Waals surface area contributed by atoms with Crippen LogP contribution in [0.4, 0.5) is 19.0 Å². The molecule has 2 aromatic heterocycles. The maximum absolute atomic E-state index is 13.0. The van der Waals surface area contributed by atoms with Crippen LogP contribution in [0, 0.1) is 0 Å². The van der Waals surface area contributed by atoms with E-state index in [0.717, 1.165) is 20.9 Å². The van der Waals surface area contributed by atoms with Crippen LogP contribution in [-0.4, -0.2) is 33.8 Å². The smallest absolute Gasteiger partial charge is 0.361 e. The van der Waals surface area contributed by atoms with Crippen molar-refractivity contribution in [3.8, 4) is 0 Å². The van der Waals surface area contributed by atoms with Crippen LogP contribution in [0.1, 0.15) is 23.5 Å². The first-order chi connectivity index (χ1) is 13.7. The van der Waals surface area contributed by atoms with Crippen molar-refractivity contribution in [2.45, 2.75) is 18.5 Å². The van der Waals surface area contributed by atoms with Crippen LogP contribution in [0.15, 0.2) is 42.7 Å². The average molecular weight is 423 g/mol. The number of nitrogens with one attached hydrogen (secondary N) is 1. The molecule has 1 aliphatic heterocycles. The lowest BCUT2D eigenvalue weighted by molar-refractivity contribution is -0.140. The number of hydrogen-bond acceptors (Lipinski definition) is 4. The van der Waals surface area contributed by atoms with E-state index >= 15 is 0 Å². The predicted molar refractivity (Wildman–Crippen MR) is 100 cm³/mol. The van der Waals surface area contributed by atoms with Crippen molar-refractivity contribution in [1.29, 1.82) is 0 Å². The summed E-state index contributed by atoms with van der Waals surface area (Å²) >= 11 is 5.96. The van der Waals surface area contributed by atoms with Crippen LogP contribution < -0.4 is 5.01 Å². The number of aromatic amines is 1. The molecule has 150 valence electrons. The molecule has 0 aliphatic carbocycles. The first-order valence-corrected chi connectivity index (χ1v) is 8.95. The van der Waals surface area contributed by atoms with Crippen molar-refractivity contribution in [3.05, 3.63) is 58.9 Å². The summed E-state index contributed by atoms with van der Waals surface area (Å²) in [4.78, 5) is 32.4. The zero-order chi connectivity index (χ0) is 20.9. The Bertz CT molecular complexity index is 1130. The summed E-state index contributed by atoms with van der Waals surface area (Å²) in [6.45, 7) is 0. The molecule has 0 radical (unpaired) electrons. The molecule has 29 heavy (non-hydrogen) atoms. The van der Waals surface area contributed by atoms with Gasteiger partial charge in [-0.1, -0.05) is 29.8 Å². The normalized spacial score (nSPS) is 17.4. The monoisotopic (exact) mass is 422 g/mol. The standard InChI is InChI=1S/C19H14ClF3N4O2/c1-26(17-14(20)6-10(8-25-17)19(21,22)23)27-16(28)7-12(18(27)29)13-9-24-15-5-3-2-4-11(13)15/h2-6,8-9,12,24H,7H2,1H3. The molecule has 1 N–H and O–H groups in total. The Morgan fingerprint density at radius 3 is 2.69 bits per heavy atom. The number of hydrogen-bond donors (Lipinski definition) is 1. The number of fused-ring (bicyclic) bond motifs is 1. The van der Waals surface area contributed by atoms with Crippen LogP contribution >= 0.6 is 11.6 Å². The SMILES string of the molecule is CN(c1ncc(C(F)(F)F)cc1Cl)N1C(=O)CC(c2c[nH]c3ccccc23)C1=O. The third-order valence-corrected chi connectivity index (χ3v) is 5.15. The quantitative estimate of drug-likeness (QED) is 0.644. The van der Waals surface area contributed by atoms with Gasteiger partial charge in [0, 0.05) is 36.8 Å². The summed E-state index contributed by atoms with van der Waals surface area (Å²) in [5, 5.41) is 2.46. The Morgan fingerprint density at radius 2 is 2.00 bits per heavy atom. The Labute approximate surface area is 167 Å². The molecule has 0 spiro atoms. The third kappa shape index (κ3) is 3.21. The second kappa shape index (κ2) is 6.77. The molecular weight excluding hydrogens is 409 g/mol. The number of anilines is 1. The van der Waals surface area contributed by atoms with Crippen molar-refractivity contribution < 1.29 is 22.8 Å². The van der Waals surface area contributed by atoms with E-state index in [1.54, 1.807) is 6.20 Å². The number of nitrogens with zero attached hydrogens (tertiary/aromatic N) is 3. The van der Waals surface area contributed by atoms with E-state index in [1.165, 1.54) is 7.05 Å². The van der Waals surface area contributed by atoms with Gasteiger partial charge in [0.15, 0.2) is 5.82 Å². The summed E-state index contributed by atoms with van der Waals surface area (Å²) in [5.74, 6) is -1.83. The molecule has 1 fully saturated rings. The topological polar surface area (TPSA) is 69.3 Å². The molecule has 0 saturated carbocycles. The van der Waals surface area contributed by atoms with Gasteiger partial charge in [0.25, 0.3) is 5.91 Å². The summed E-state index contributed by atoms with van der Waals surface area (Å²) in [6.07, 6.45) is -2.37. The molecule has 0 bridgehead atoms. The molecule has 1 aliphatic rings. The summed E-state index contributed by atoms with van der Waals surface area (Å²) < 4.78 is 38.5.